The Bertz CT molecular complexity index is 1290. The van der Waals surface area contributed by atoms with E-state index in [4.69, 9.17) is 0 Å². The van der Waals surface area contributed by atoms with Crippen LogP contribution in [-0.2, 0) is 12.7 Å². The van der Waals surface area contributed by atoms with E-state index in [1.807, 2.05) is 22.6 Å². The van der Waals surface area contributed by atoms with Crippen molar-refractivity contribution in [2.24, 2.45) is 0 Å². The van der Waals surface area contributed by atoms with Gasteiger partial charge in [-0.1, -0.05) is 28.1 Å². The number of nitriles is 1. The number of hydrogen-bond acceptors (Lipinski definition) is 3. The van der Waals surface area contributed by atoms with E-state index in [9.17, 15) is 18.4 Å². The van der Waals surface area contributed by atoms with Crippen molar-refractivity contribution in [3.05, 3.63) is 75.4 Å². The quantitative estimate of drug-likeness (QED) is 0.405. The van der Waals surface area contributed by atoms with Crippen LogP contribution < -0.4 is 5.32 Å². The van der Waals surface area contributed by atoms with Gasteiger partial charge in [-0.15, -0.1) is 0 Å². The molecule has 146 valence electrons. The maximum atomic E-state index is 13.2. The molecular formula is C21H14BrF3N4. The SMILES string of the molecule is Cc1c(CNc2nc3cc(C#N)cn3c3ccc(Br)cc23)cccc1C(F)(F)F. The lowest BCUT2D eigenvalue weighted by Crippen LogP contribution is -2.11. The summed E-state index contributed by atoms with van der Waals surface area (Å²) in [6.45, 7) is 1.66. The first-order chi connectivity index (χ1) is 13.8. The average Bonchev–Trinajstić information content (AvgIpc) is 3.09. The number of aromatic nitrogens is 2. The molecule has 1 N–H and O–H groups in total. The highest BCUT2D eigenvalue weighted by atomic mass is 79.9. The molecule has 2 aromatic heterocycles. The van der Waals surface area contributed by atoms with Gasteiger partial charge in [0.25, 0.3) is 0 Å². The Morgan fingerprint density at radius 3 is 2.72 bits per heavy atom. The number of nitrogens with one attached hydrogen (secondary N) is 1. The van der Waals surface area contributed by atoms with Crippen LogP contribution in [0.4, 0.5) is 19.0 Å². The Kier molecular flexibility index (Phi) is 4.71. The minimum absolute atomic E-state index is 0.187. The summed E-state index contributed by atoms with van der Waals surface area (Å²) in [6, 6.07) is 13.6. The fourth-order valence-electron chi connectivity index (χ4n) is 3.37. The Morgan fingerprint density at radius 2 is 2.00 bits per heavy atom. The van der Waals surface area contributed by atoms with Crippen molar-refractivity contribution < 1.29 is 13.2 Å². The zero-order valence-corrected chi connectivity index (χ0v) is 16.8. The summed E-state index contributed by atoms with van der Waals surface area (Å²) in [6.07, 6.45) is -2.69. The molecule has 0 atom stereocenters. The molecule has 4 rings (SSSR count). The topological polar surface area (TPSA) is 53.1 Å². The van der Waals surface area contributed by atoms with Crippen LogP contribution in [0.5, 0.6) is 0 Å². The van der Waals surface area contributed by atoms with Gasteiger partial charge in [0.15, 0.2) is 0 Å². The molecule has 0 saturated heterocycles. The molecule has 2 heterocycles. The molecule has 0 unspecified atom stereocenters. The normalized spacial score (nSPS) is 11.7. The molecular weight excluding hydrogens is 445 g/mol. The lowest BCUT2D eigenvalue weighted by Gasteiger charge is -2.16. The van der Waals surface area contributed by atoms with E-state index in [1.165, 1.54) is 13.0 Å². The van der Waals surface area contributed by atoms with E-state index >= 15 is 0 Å². The number of benzene rings is 2. The molecule has 0 fully saturated rings. The van der Waals surface area contributed by atoms with Crippen LogP contribution in [0.15, 0.2) is 53.1 Å². The summed E-state index contributed by atoms with van der Waals surface area (Å²) >= 11 is 3.45. The molecule has 4 aromatic rings. The van der Waals surface area contributed by atoms with Crippen LogP contribution in [-0.4, -0.2) is 9.38 Å². The highest BCUT2D eigenvalue weighted by molar-refractivity contribution is 9.10. The summed E-state index contributed by atoms with van der Waals surface area (Å²) in [4.78, 5) is 4.59. The van der Waals surface area contributed by atoms with Gasteiger partial charge in [0.1, 0.15) is 17.5 Å². The van der Waals surface area contributed by atoms with E-state index in [1.54, 1.807) is 18.3 Å². The number of fused-ring (bicyclic) bond motifs is 3. The van der Waals surface area contributed by atoms with E-state index in [2.05, 4.69) is 32.3 Å². The molecule has 0 spiro atoms. The first-order valence-electron chi connectivity index (χ1n) is 8.69. The third-order valence-corrected chi connectivity index (χ3v) is 5.32. The van der Waals surface area contributed by atoms with Crippen LogP contribution in [0.25, 0.3) is 16.6 Å². The largest absolute Gasteiger partial charge is 0.416 e. The molecule has 8 heteroatoms. The average molecular weight is 459 g/mol. The molecule has 0 amide bonds. The highest BCUT2D eigenvalue weighted by Gasteiger charge is 2.32. The second kappa shape index (κ2) is 7.08. The fourth-order valence-corrected chi connectivity index (χ4v) is 3.73. The van der Waals surface area contributed by atoms with Gasteiger partial charge in [0.2, 0.25) is 0 Å². The minimum atomic E-state index is -4.39. The monoisotopic (exact) mass is 458 g/mol. The predicted octanol–water partition coefficient (Wildman–Crippen LogP) is 6.06. The molecule has 4 nitrogen and oxygen atoms in total. The van der Waals surface area contributed by atoms with Crippen molar-refractivity contribution in [3.8, 4) is 6.07 Å². The number of rotatable bonds is 3. The second-order valence-corrected chi connectivity index (χ2v) is 7.55. The van der Waals surface area contributed by atoms with Gasteiger partial charge in [0, 0.05) is 28.7 Å². The summed E-state index contributed by atoms with van der Waals surface area (Å²) in [5, 5.41) is 13.2. The van der Waals surface area contributed by atoms with Crippen LogP contribution in [0.2, 0.25) is 0 Å². The highest BCUT2D eigenvalue weighted by Crippen LogP contribution is 2.33. The first kappa shape index (κ1) is 19.3. The Morgan fingerprint density at radius 1 is 1.21 bits per heavy atom. The van der Waals surface area contributed by atoms with Gasteiger partial charge < -0.3 is 5.32 Å². The summed E-state index contributed by atoms with van der Waals surface area (Å²) in [5.41, 5.74) is 1.99. The van der Waals surface area contributed by atoms with Gasteiger partial charge in [-0.2, -0.15) is 18.4 Å². The Hall–Kier alpha value is -3.05. The first-order valence-corrected chi connectivity index (χ1v) is 9.48. The molecule has 0 saturated carbocycles. The van der Waals surface area contributed by atoms with E-state index in [-0.39, 0.29) is 12.1 Å². The van der Waals surface area contributed by atoms with Crippen molar-refractivity contribution in [2.45, 2.75) is 19.6 Å². The Balaban J connectivity index is 1.78. The molecule has 0 radical (unpaired) electrons. The van der Waals surface area contributed by atoms with Crippen molar-refractivity contribution in [3.63, 3.8) is 0 Å². The van der Waals surface area contributed by atoms with Crippen LogP contribution >= 0.6 is 15.9 Å². The zero-order chi connectivity index (χ0) is 20.8. The number of hydrogen-bond donors (Lipinski definition) is 1. The molecule has 0 bridgehead atoms. The smallest absolute Gasteiger partial charge is 0.365 e. The van der Waals surface area contributed by atoms with Crippen LogP contribution in [0.3, 0.4) is 0 Å². The summed E-state index contributed by atoms with van der Waals surface area (Å²) in [5.74, 6) is 0.535. The van der Waals surface area contributed by atoms with Crippen molar-refractivity contribution >= 4 is 38.3 Å². The third-order valence-electron chi connectivity index (χ3n) is 4.83. The predicted molar refractivity (Wildman–Crippen MR) is 109 cm³/mol. The minimum Gasteiger partial charge on any atom is -0.365 e. The van der Waals surface area contributed by atoms with Crippen molar-refractivity contribution in [1.82, 2.24) is 9.38 Å². The number of anilines is 1. The molecule has 0 aliphatic rings. The van der Waals surface area contributed by atoms with Crippen LogP contribution in [0, 0.1) is 18.3 Å². The lowest BCUT2D eigenvalue weighted by atomic mass is 10.0. The van der Waals surface area contributed by atoms with Gasteiger partial charge in [0.05, 0.1) is 16.6 Å². The van der Waals surface area contributed by atoms with Gasteiger partial charge in [-0.05, 0) is 42.3 Å². The van der Waals surface area contributed by atoms with Gasteiger partial charge in [-0.25, -0.2) is 4.98 Å². The molecule has 2 aromatic carbocycles. The van der Waals surface area contributed by atoms with E-state index in [0.717, 1.165) is 21.4 Å². The maximum absolute atomic E-state index is 13.2. The maximum Gasteiger partial charge on any atom is 0.416 e. The standard InChI is InChI=1S/C21H14BrF3N4/c1-12-14(3-2-4-17(12)21(23,24)25)10-27-20-16-8-15(22)5-6-18(16)29-11-13(9-26)7-19(29)28-20/h2-8,11H,10H2,1H3,(H,27,28). The molecule has 0 aliphatic carbocycles. The van der Waals surface area contributed by atoms with E-state index in [0.29, 0.717) is 22.6 Å². The molecule has 29 heavy (non-hydrogen) atoms. The molecule has 0 aliphatic heterocycles. The van der Waals surface area contributed by atoms with Gasteiger partial charge >= 0.3 is 6.18 Å². The zero-order valence-electron chi connectivity index (χ0n) is 15.2. The van der Waals surface area contributed by atoms with Crippen molar-refractivity contribution in [2.75, 3.05) is 5.32 Å². The van der Waals surface area contributed by atoms with Gasteiger partial charge in [-0.3, -0.25) is 4.40 Å². The number of halogens is 4. The van der Waals surface area contributed by atoms with E-state index < -0.39 is 11.7 Å². The Labute approximate surface area is 172 Å². The van der Waals surface area contributed by atoms with Crippen LogP contribution in [0.1, 0.15) is 22.3 Å². The van der Waals surface area contributed by atoms with Crippen molar-refractivity contribution in [1.29, 1.82) is 5.26 Å². The second-order valence-electron chi connectivity index (χ2n) is 6.63. The number of nitrogens with zero attached hydrogens (tertiary/aromatic N) is 3. The number of alkyl halides is 3. The summed E-state index contributed by atoms with van der Waals surface area (Å²) < 4.78 is 42.2. The summed E-state index contributed by atoms with van der Waals surface area (Å²) in [7, 11) is 0. The fraction of sp³-hybridized carbons (Fsp3) is 0.143. The third kappa shape index (κ3) is 3.54. The lowest BCUT2D eigenvalue weighted by molar-refractivity contribution is -0.138.